The lowest BCUT2D eigenvalue weighted by Gasteiger charge is -2.34. The Morgan fingerprint density at radius 1 is 0.932 bits per heavy atom. The lowest BCUT2D eigenvalue weighted by atomic mass is 9.94. The van der Waals surface area contributed by atoms with Gasteiger partial charge in [0.2, 0.25) is 21.8 Å². The molecule has 0 aromatic heterocycles. The second kappa shape index (κ2) is 16.0. The van der Waals surface area contributed by atoms with E-state index in [2.05, 4.69) is 5.32 Å². The summed E-state index contributed by atoms with van der Waals surface area (Å²) in [6.45, 7) is 0.336. The van der Waals surface area contributed by atoms with Crippen molar-refractivity contribution in [2.75, 3.05) is 24.2 Å². The van der Waals surface area contributed by atoms with Crippen LogP contribution in [0, 0.1) is 0 Å². The van der Waals surface area contributed by atoms with Crippen molar-refractivity contribution >= 4 is 39.1 Å². The molecule has 10 heteroatoms. The molecule has 0 heterocycles. The maximum atomic E-state index is 14.0. The van der Waals surface area contributed by atoms with Gasteiger partial charge in [-0.25, -0.2) is 8.42 Å². The fourth-order valence-corrected chi connectivity index (χ4v) is 6.73. The number of rotatable bonds is 14. The number of ether oxygens (including phenoxy) is 1. The number of nitrogens with zero attached hydrogens (tertiary/aromatic N) is 2. The van der Waals surface area contributed by atoms with Gasteiger partial charge < -0.3 is 15.0 Å². The van der Waals surface area contributed by atoms with Gasteiger partial charge in [0, 0.05) is 37.0 Å². The van der Waals surface area contributed by atoms with E-state index in [1.54, 1.807) is 48.4 Å². The minimum absolute atomic E-state index is 0.0672. The molecule has 0 unspecified atom stereocenters. The van der Waals surface area contributed by atoms with Crippen LogP contribution in [-0.2, 0) is 32.6 Å². The van der Waals surface area contributed by atoms with Crippen LogP contribution in [0.1, 0.15) is 56.1 Å². The first-order valence-corrected chi connectivity index (χ1v) is 17.4. The standard InChI is InChI=1S/C34H42ClN3O5S/c1-43-31-21-19-30(20-22-31)38(44(2,41)42)23-9-14-33(39)37(25-27-15-17-28(35)18-16-27)32(24-26-10-5-3-6-11-26)34(40)36-29-12-7-4-8-13-29/h3,5-6,10-11,15-22,29,32H,4,7-9,12-14,23-25H2,1-2H3,(H,36,40)/t32-/m0/s1. The van der Waals surface area contributed by atoms with E-state index >= 15 is 0 Å². The lowest BCUT2D eigenvalue weighted by molar-refractivity contribution is -0.141. The van der Waals surface area contributed by atoms with Crippen LogP contribution in [0.3, 0.4) is 0 Å². The van der Waals surface area contributed by atoms with Crippen molar-refractivity contribution in [1.29, 1.82) is 0 Å². The van der Waals surface area contributed by atoms with Gasteiger partial charge in [-0.1, -0.05) is 73.3 Å². The van der Waals surface area contributed by atoms with Crippen molar-refractivity contribution in [3.8, 4) is 5.75 Å². The molecule has 0 radical (unpaired) electrons. The van der Waals surface area contributed by atoms with Crippen LogP contribution in [0.25, 0.3) is 0 Å². The van der Waals surface area contributed by atoms with Gasteiger partial charge in [-0.2, -0.15) is 0 Å². The quantitative estimate of drug-likeness (QED) is 0.234. The van der Waals surface area contributed by atoms with Gasteiger partial charge in [-0.3, -0.25) is 13.9 Å². The van der Waals surface area contributed by atoms with E-state index in [-0.39, 0.29) is 43.8 Å². The Morgan fingerprint density at radius 2 is 1.59 bits per heavy atom. The van der Waals surface area contributed by atoms with Crippen molar-refractivity contribution in [3.63, 3.8) is 0 Å². The summed E-state index contributed by atoms with van der Waals surface area (Å²) in [5, 5.41) is 3.83. The number of hydrogen-bond acceptors (Lipinski definition) is 5. The summed E-state index contributed by atoms with van der Waals surface area (Å²) in [6, 6.07) is 23.1. The summed E-state index contributed by atoms with van der Waals surface area (Å²) in [5.74, 6) is 0.230. The van der Waals surface area contributed by atoms with Gasteiger partial charge >= 0.3 is 0 Å². The molecule has 44 heavy (non-hydrogen) atoms. The highest BCUT2D eigenvalue weighted by molar-refractivity contribution is 7.92. The minimum Gasteiger partial charge on any atom is -0.497 e. The van der Waals surface area contributed by atoms with E-state index in [4.69, 9.17) is 16.3 Å². The van der Waals surface area contributed by atoms with Crippen LogP contribution >= 0.6 is 11.6 Å². The Hall–Kier alpha value is -3.56. The maximum Gasteiger partial charge on any atom is 0.243 e. The van der Waals surface area contributed by atoms with Crippen molar-refractivity contribution in [3.05, 3.63) is 95.0 Å². The molecule has 1 aliphatic rings. The number of hydrogen-bond donors (Lipinski definition) is 1. The second-order valence-corrected chi connectivity index (χ2v) is 13.7. The second-order valence-electron chi connectivity index (χ2n) is 11.3. The number of carbonyl (C=O) groups is 2. The summed E-state index contributed by atoms with van der Waals surface area (Å²) >= 11 is 6.14. The fourth-order valence-electron chi connectivity index (χ4n) is 5.64. The third-order valence-corrected chi connectivity index (χ3v) is 9.45. The summed E-state index contributed by atoms with van der Waals surface area (Å²) < 4.78 is 31.9. The van der Waals surface area contributed by atoms with Gasteiger partial charge in [0.25, 0.3) is 0 Å². The summed E-state index contributed by atoms with van der Waals surface area (Å²) in [6.07, 6.45) is 7.04. The zero-order valence-corrected chi connectivity index (χ0v) is 27.0. The highest BCUT2D eigenvalue weighted by atomic mass is 35.5. The minimum atomic E-state index is -3.60. The van der Waals surface area contributed by atoms with Gasteiger partial charge in [-0.15, -0.1) is 0 Å². The number of halogens is 1. The van der Waals surface area contributed by atoms with E-state index in [0.29, 0.717) is 22.9 Å². The lowest BCUT2D eigenvalue weighted by Crippen LogP contribution is -2.52. The van der Waals surface area contributed by atoms with Crippen LogP contribution < -0.4 is 14.4 Å². The van der Waals surface area contributed by atoms with Gasteiger partial charge in [-0.05, 0) is 66.8 Å². The molecular formula is C34H42ClN3O5S. The van der Waals surface area contributed by atoms with Crippen molar-refractivity contribution in [1.82, 2.24) is 10.2 Å². The SMILES string of the molecule is COc1ccc(N(CCCC(=O)N(Cc2ccc(Cl)cc2)[C@@H](Cc2ccccc2)C(=O)NC2CCCCC2)S(C)(=O)=O)cc1. The molecule has 0 spiro atoms. The van der Waals surface area contributed by atoms with Gasteiger partial charge in [0.15, 0.2) is 0 Å². The first-order valence-electron chi connectivity index (χ1n) is 15.1. The number of benzene rings is 3. The molecule has 4 rings (SSSR count). The number of amides is 2. The maximum absolute atomic E-state index is 14.0. The molecule has 1 fully saturated rings. The molecule has 2 amide bonds. The van der Waals surface area contributed by atoms with E-state index in [9.17, 15) is 18.0 Å². The highest BCUT2D eigenvalue weighted by Crippen LogP contribution is 2.24. The van der Waals surface area contributed by atoms with E-state index < -0.39 is 16.1 Å². The molecule has 0 aliphatic heterocycles. The van der Waals surface area contributed by atoms with E-state index in [1.165, 1.54) is 10.7 Å². The Labute approximate surface area is 266 Å². The summed E-state index contributed by atoms with van der Waals surface area (Å²) in [7, 11) is -2.06. The number of nitrogens with one attached hydrogen (secondary N) is 1. The smallest absolute Gasteiger partial charge is 0.243 e. The number of methoxy groups -OCH3 is 1. The Kier molecular flexibility index (Phi) is 12.1. The van der Waals surface area contributed by atoms with Crippen LogP contribution in [-0.4, -0.2) is 57.1 Å². The first kappa shape index (κ1) is 33.3. The molecule has 1 aliphatic carbocycles. The molecule has 0 bridgehead atoms. The fraction of sp³-hybridized carbons (Fsp3) is 0.412. The molecule has 8 nitrogen and oxygen atoms in total. The molecule has 1 atom stereocenters. The molecule has 0 saturated heterocycles. The predicted octanol–water partition coefficient (Wildman–Crippen LogP) is 5.98. The van der Waals surface area contributed by atoms with Gasteiger partial charge in [0.1, 0.15) is 11.8 Å². The van der Waals surface area contributed by atoms with Crippen molar-refractivity contribution in [2.45, 2.75) is 70.0 Å². The largest absolute Gasteiger partial charge is 0.497 e. The third kappa shape index (κ3) is 9.72. The number of anilines is 1. The molecule has 1 N–H and O–H groups in total. The molecule has 1 saturated carbocycles. The third-order valence-electron chi connectivity index (χ3n) is 8.00. The van der Waals surface area contributed by atoms with E-state index in [0.717, 1.165) is 43.1 Å². The molecular weight excluding hydrogens is 598 g/mol. The van der Waals surface area contributed by atoms with Crippen molar-refractivity contribution in [2.24, 2.45) is 0 Å². The average molecular weight is 640 g/mol. The Balaban J connectivity index is 1.57. The monoisotopic (exact) mass is 639 g/mol. The number of carbonyl (C=O) groups excluding carboxylic acids is 2. The zero-order chi connectivity index (χ0) is 31.5. The van der Waals surface area contributed by atoms with E-state index in [1.807, 2.05) is 42.5 Å². The molecule has 236 valence electrons. The van der Waals surface area contributed by atoms with Gasteiger partial charge in [0.05, 0.1) is 19.1 Å². The summed E-state index contributed by atoms with van der Waals surface area (Å²) in [4.78, 5) is 29.6. The molecule has 3 aromatic rings. The highest BCUT2D eigenvalue weighted by Gasteiger charge is 2.32. The molecule has 3 aromatic carbocycles. The topological polar surface area (TPSA) is 96.0 Å². The Bertz CT molecular complexity index is 1460. The van der Waals surface area contributed by atoms with Crippen LogP contribution in [0.4, 0.5) is 5.69 Å². The van der Waals surface area contributed by atoms with Crippen molar-refractivity contribution < 1.29 is 22.7 Å². The average Bonchev–Trinajstić information content (AvgIpc) is 3.02. The first-order chi connectivity index (χ1) is 21.1. The summed E-state index contributed by atoms with van der Waals surface area (Å²) in [5.41, 5.74) is 2.29. The number of sulfonamides is 1. The van der Waals surface area contributed by atoms with Crippen LogP contribution in [0.2, 0.25) is 5.02 Å². The Morgan fingerprint density at radius 3 is 2.20 bits per heavy atom. The predicted molar refractivity (Wildman–Crippen MR) is 175 cm³/mol. The zero-order valence-electron chi connectivity index (χ0n) is 25.5. The normalized spacial score (nSPS) is 14.4. The van der Waals surface area contributed by atoms with Crippen LogP contribution in [0.15, 0.2) is 78.9 Å². The van der Waals surface area contributed by atoms with Crippen LogP contribution in [0.5, 0.6) is 5.75 Å².